The van der Waals surface area contributed by atoms with Crippen LogP contribution in [0.2, 0.25) is 5.02 Å². The Morgan fingerprint density at radius 2 is 1.91 bits per heavy atom. The summed E-state index contributed by atoms with van der Waals surface area (Å²) < 4.78 is 0. The van der Waals surface area contributed by atoms with Crippen molar-refractivity contribution in [3.8, 4) is 0 Å². The molecule has 2 N–H and O–H groups in total. The van der Waals surface area contributed by atoms with Crippen LogP contribution in [0, 0.1) is 10.1 Å². The van der Waals surface area contributed by atoms with E-state index in [2.05, 4.69) is 10.6 Å². The Bertz CT molecular complexity index is 677. The minimum Gasteiger partial charge on any atom is -0.375 e. The standard InChI is InChI=1S/C15H14ClN3O3/c16-13-8-12(19(21)22)6-7-14(13)17-10-15(20)18-9-11-4-2-1-3-5-11/h1-8,17H,9-10H2,(H,18,20). The molecule has 7 heteroatoms. The third-order valence-corrected chi connectivity index (χ3v) is 3.25. The van der Waals surface area contributed by atoms with Gasteiger partial charge in [-0.2, -0.15) is 0 Å². The number of rotatable bonds is 6. The van der Waals surface area contributed by atoms with Crippen LogP contribution >= 0.6 is 11.6 Å². The second kappa shape index (κ2) is 7.42. The van der Waals surface area contributed by atoms with Crippen molar-refractivity contribution in [1.82, 2.24) is 5.32 Å². The van der Waals surface area contributed by atoms with E-state index >= 15 is 0 Å². The molecule has 2 aromatic carbocycles. The van der Waals surface area contributed by atoms with Crippen LogP contribution in [0.1, 0.15) is 5.56 Å². The Balaban J connectivity index is 1.85. The first-order chi connectivity index (χ1) is 10.6. The average molecular weight is 320 g/mol. The van der Waals surface area contributed by atoms with E-state index in [1.54, 1.807) is 0 Å². The molecule has 0 radical (unpaired) electrons. The van der Waals surface area contributed by atoms with Crippen LogP contribution in [0.4, 0.5) is 11.4 Å². The van der Waals surface area contributed by atoms with E-state index < -0.39 is 4.92 Å². The number of anilines is 1. The molecule has 0 atom stereocenters. The normalized spacial score (nSPS) is 10.0. The number of benzene rings is 2. The topological polar surface area (TPSA) is 84.3 Å². The van der Waals surface area contributed by atoms with Crippen molar-refractivity contribution >= 4 is 28.9 Å². The fourth-order valence-corrected chi connectivity index (χ4v) is 2.04. The molecule has 6 nitrogen and oxygen atoms in total. The van der Waals surface area contributed by atoms with Gasteiger partial charge in [-0.05, 0) is 11.6 Å². The van der Waals surface area contributed by atoms with Gasteiger partial charge in [-0.15, -0.1) is 0 Å². The molecular formula is C15H14ClN3O3. The number of hydrogen-bond acceptors (Lipinski definition) is 4. The molecule has 0 heterocycles. The summed E-state index contributed by atoms with van der Waals surface area (Å²) in [6.07, 6.45) is 0. The highest BCUT2D eigenvalue weighted by molar-refractivity contribution is 6.33. The lowest BCUT2D eigenvalue weighted by molar-refractivity contribution is -0.384. The maximum atomic E-state index is 11.8. The van der Waals surface area contributed by atoms with Gasteiger partial charge in [-0.25, -0.2) is 0 Å². The van der Waals surface area contributed by atoms with Gasteiger partial charge in [-0.1, -0.05) is 41.9 Å². The van der Waals surface area contributed by atoms with Crippen molar-refractivity contribution in [2.45, 2.75) is 6.54 Å². The third-order valence-electron chi connectivity index (χ3n) is 2.94. The van der Waals surface area contributed by atoms with Crippen molar-refractivity contribution in [3.05, 3.63) is 69.2 Å². The summed E-state index contributed by atoms with van der Waals surface area (Å²) in [5, 5.41) is 16.4. The SMILES string of the molecule is O=C(CNc1ccc([N+](=O)[O-])cc1Cl)NCc1ccccc1. The van der Waals surface area contributed by atoms with Crippen molar-refractivity contribution in [2.75, 3.05) is 11.9 Å². The molecule has 0 aliphatic heterocycles. The average Bonchev–Trinajstić information content (AvgIpc) is 2.52. The largest absolute Gasteiger partial charge is 0.375 e. The number of nitro benzene ring substituents is 1. The van der Waals surface area contributed by atoms with Gasteiger partial charge in [0.2, 0.25) is 5.91 Å². The van der Waals surface area contributed by atoms with Crippen molar-refractivity contribution < 1.29 is 9.72 Å². The maximum absolute atomic E-state index is 11.8. The molecule has 0 aliphatic rings. The number of carbonyl (C=O) groups excluding carboxylic acids is 1. The molecular weight excluding hydrogens is 306 g/mol. The maximum Gasteiger partial charge on any atom is 0.271 e. The van der Waals surface area contributed by atoms with E-state index in [9.17, 15) is 14.9 Å². The minimum absolute atomic E-state index is 0.0321. The van der Waals surface area contributed by atoms with Gasteiger partial charge >= 0.3 is 0 Å². The van der Waals surface area contributed by atoms with Gasteiger partial charge < -0.3 is 10.6 Å². The summed E-state index contributed by atoms with van der Waals surface area (Å²) >= 11 is 5.93. The Hall–Kier alpha value is -2.60. The summed E-state index contributed by atoms with van der Waals surface area (Å²) in [6, 6.07) is 13.6. The second-order valence-electron chi connectivity index (χ2n) is 4.54. The number of amides is 1. The Morgan fingerprint density at radius 3 is 2.55 bits per heavy atom. The first kappa shape index (κ1) is 15.8. The highest BCUT2D eigenvalue weighted by Gasteiger charge is 2.10. The molecule has 0 aliphatic carbocycles. The van der Waals surface area contributed by atoms with Crippen LogP contribution in [0.3, 0.4) is 0 Å². The molecule has 114 valence electrons. The molecule has 22 heavy (non-hydrogen) atoms. The van der Waals surface area contributed by atoms with Gasteiger partial charge in [0.25, 0.3) is 5.69 Å². The molecule has 0 aromatic heterocycles. The monoisotopic (exact) mass is 319 g/mol. The minimum atomic E-state index is -0.526. The number of nitrogens with one attached hydrogen (secondary N) is 2. The summed E-state index contributed by atoms with van der Waals surface area (Å²) in [5.74, 6) is -0.196. The summed E-state index contributed by atoms with van der Waals surface area (Å²) in [7, 11) is 0. The lowest BCUT2D eigenvalue weighted by atomic mass is 10.2. The molecule has 0 saturated carbocycles. The van der Waals surface area contributed by atoms with Crippen molar-refractivity contribution in [3.63, 3.8) is 0 Å². The zero-order valence-corrected chi connectivity index (χ0v) is 12.3. The quantitative estimate of drug-likeness (QED) is 0.633. The van der Waals surface area contributed by atoms with Crippen LogP contribution in [0.15, 0.2) is 48.5 Å². The van der Waals surface area contributed by atoms with E-state index in [1.807, 2.05) is 30.3 Å². The molecule has 0 spiro atoms. The van der Waals surface area contributed by atoms with Gasteiger partial charge in [0.05, 0.1) is 22.2 Å². The number of hydrogen-bond donors (Lipinski definition) is 2. The van der Waals surface area contributed by atoms with E-state index in [-0.39, 0.29) is 23.2 Å². The van der Waals surface area contributed by atoms with Crippen LogP contribution in [0.5, 0.6) is 0 Å². The Morgan fingerprint density at radius 1 is 1.18 bits per heavy atom. The van der Waals surface area contributed by atoms with E-state index in [0.717, 1.165) is 5.56 Å². The van der Waals surface area contributed by atoms with E-state index in [1.165, 1.54) is 18.2 Å². The summed E-state index contributed by atoms with van der Waals surface area (Å²) in [6.45, 7) is 0.472. The van der Waals surface area contributed by atoms with Gasteiger partial charge in [-0.3, -0.25) is 14.9 Å². The van der Waals surface area contributed by atoms with Gasteiger partial charge in [0.15, 0.2) is 0 Å². The van der Waals surface area contributed by atoms with E-state index in [0.29, 0.717) is 12.2 Å². The fourth-order valence-electron chi connectivity index (χ4n) is 1.80. The van der Waals surface area contributed by atoms with Crippen LogP contribution in [-0.4, -0.2) is 17.4 Å². The molecule has 2 aromatic rings. The lowest BCUT2D eigenvalue weighted by Gasteiger charge is -2.09. The highest BCUT2D eigenvalue weighted by Crippen LogP contribution is 2.26. The number of carbonyl (C=O) groups is 1. The Kier molecular flexibility index (Phi) is 5.32. The second-order valence-corrected chi connectivity index (χ2v) is 4.94. The van der Waals surface area contributed by atoms with Gasteiger partial charge in [0, 0.05) is 18.7 Å². The number of non-ortho nitro benzene ring substituents is 1. The van der Waals surface area contributed by atoms with Crippen molar-refractivity contribution in [1.29, 1.82) is 0 Å². The number of nitrogens with zero attached hydrogens (tertiary/aromatic N) is 1. The lowest BCUT2D eigenvalue weighted by Crippen LogP contribution is -2.29. The highest BCUT2D eigenvalue weighted by atomic mass is 35.5. The van der Waals surface area contributed by atoms with Gasteiger partial charge in [0.1, 0.15) is 0 Å². The molecule has 2 rings (SSSR count). The summed E-state index contributed by atoms with van der Waals surface area (Å²) in [5.41, 5.74) is 1.38. The molecule has 0 saturated heterocycles. The molecule has 0 fully saturated rings. The number of nitro groups is 1. The Labute approximate surface area is 132 Å². The number of halogens is 1. The van der Waals surface area contributed by atoms with Crippen LogP contribution in [0.25, 0.3) is 0 Å². The zero-order valence-electron chi connectivity index (χ0n) is 11.6. The molecule has 0 unspecified atom stereocenters. The zero-order chi connectivity index (χ0) is 15.9. The van der Waals surface area contributed by atoms with Crippen LogP contribution < -0.4 is 10.6 Å². The molecule has 1 amide bonds. The van der Waals surface area contributed by atoms with Crippen molar-refractivity contribution in [2.24, 2.45) is 0 Å². The first-order valence-electron chi connectivity index (χ1n) is 6.54. The predicted molar refractivity (Wildman–Crippen MR) is 84.9 cm³/mol. The smallest absolute Gasteiger partial charge is 0.271 e. The van der Waals surface area contributed by atoms with Crippen LogP contribution in [-0.2, 0) is 11.3 Å². The van der Waals surface area contributed by atoms with E-state index in [4.69, 9.17) is 11.6 Å². The third kappa shape index (κ3) is 4.46. The predicted octanol–water partition coefficient (Wildman–Crippen LogP) is 2.98. The summed E-state index contributed by atoms with van der Waals surface area (Å²) in [4.78, 5) is 21.8. The first-order valence-corrected chi connectivity index (χ1v) is 6.92. The fraction of sp³-hybridized carbons (Fsp3) is 0.133. The molecule has 0 bridgehead atoms.